The summed E-state index contributed by atoms with van der Waals surface area (Å²) in [5, 5.41) is 23.1. The van der Waals surface area contributed by atoms with E-state index in [1.165, 1.54) is 148 Å². The number of ether oxygens (including phenoxy) is 1. The van der Waals surface area contributed by atoms with E-state index in [2.05, 4.69) is 67.8 Å². The number of esters is 1. The van der Waals surface area contributed by atoms with Crippen LogP contribution in [0.5, 0.6) is 0 Å². The first kappa shape index (κ1) is 59.8. The molecule has 62 heavy (non-hydrogen) atoms. The number of aliphatic hydroxyl groups is 2. The minimum Gasteiger partial charge on any atom is -0.466 e. The predicted molar refractivity (Wildman–Crippen MR) is 269 cm³/mol. The smallest absolute Gasteiger partial charge is 0.305 e. The van der Waals surface area contributed by atoms with Crippen LogP contribution in [0.25, 0.3) is 0 Å². The van der Waals surface area contributed by atoms with Crippen LogP contribution in [0.15, 0.2) is 48.6 Å². The molecule has 0 saturated heterocycles. The molecule has 0 aliphatic carbocycles. The summed E-state index contributed by atoms with van der Waals surface area (Å²) < 4.78 is 5.45. The Hall–Kier alpha value is -2.18. The van der Waals surface area contributed by atoms with Crippen LogP contribution < -0.4 is 5.32 Å². The van der Waals surface area contributed by atoms with E-state index in [1.54, 1.807) is 0 Å². The number of hydrogen-bond acceptors (Lipinski definition) is 5. The SMILES string of the molecule is CCCCC/C=C\C/C=C\CCCCCCCCCC(=O)OCCCCC/C=C\C/C=C\CCCCCCCCCC(=O)NC(CO)C(O)CCCCCCCCCCCCC. The van der Waals surface area contributed by atoms with Crippen molar-refractivity contribution in [1.29, 1.82) is 0 Å². The lowest BCUT2D eigenvalue weighted by atomic mass is 10.0. The fraction of sp³-hybridized carbons (Fsp3) is 0.821. The number of amides is 1. The van der Waals surface area contributed by atoms with Crippen LogP contribution in [0.4, 0.5) is 0 Å². The van der Waals surface area contributed by atoms with Crippen molar-refractivity contribution >= 4 is 11.9 Å². The third-order valence-corrected chi connectivity index (χ3v) is 12.1. The Bertz CT molecular complexity index is 1050. The van der Waals surface area contributed by atoms with Crippen LogP contribution in [0.1, 0.15) is 271 Å². The van der Waals surface area contributed by atoms with E-state index in [1.807, 2.05) is 0 Å². The van der Waals surface area contributed by atoms with E-state index < -0.39 is 12.1 Å². The normalized spacial score (nSPS) is 13.0. The zero-order valence-corrected chi connectivity index (χ0v) is 41.1. The van der Waals surface area contributed by atoms with Gasteiger partial charge in [0, 0.05) is 12.8 Å². The van der Waals surface area contributed by atoms with Gasteiger partial charge in [-0.2, -0.15) is 0 Å². The van der Waals surface area contributed by atoms with Gasteiger partial charge >= 0.3 is 5.97 Å². The molecule has 2 unspecified atom stereocenters. The van der Waals surface area contributed by atoms with Crippen LogP contribution in [-0.4, -0.2) is 47.4 Å². The lowest BCUT2D eigenvalue weighted by molar-refractivity contribution is -0.143. The molecule has 0 spiro atoms. The number of aliphatic hydroxyl groups excluding tert-OH is 2. The van der Waals surface area contributed by atoms with Gasteiger partial charge in [0.1, 0.15) is 0 Å². The largest absolute Gasteiger partial charge is 0.466 e. The fourth-order valence-corrected chi connectivity index (χ4v) is 7.93. The predicted octanol–water partition coefficient (Wildman–Crippen LogP) is 16.2. The standard InChI is InChI=1S/C56H103NO5/c1-3-5-7-9-11-13-15-16-17-19-23-26-30-34-38-42-46-50-56(61)62-51-47-43-39-35-31-27-24-21-18-20-22-25-29-33-37-41-45-49-55(60)57-53(52-58)54(59)48-44-40-36-32-28-14-12-10-8-6-4-2/h11,13,16-18,21,27,31,53-54,58-59H,3-10,12,14-15,19-20,22-26,28-30,32-52H2,1-2H3,(H,57,60)/b13-11-,17-16-,21-18-,31-27-. The van der Waals surface area contributed by atoms with Crippen molar-refractivity contribution in [3.8, 4) is 0 Å². The lowest BCUT2D eigenvalue weighted by Gasteiger charge is -2.22. The highest BCUT2D eigenvalue weighted by molar-refractivity contribution is 5.76. The van der Waals surface area contributed by atoms with E-state index in [0.29, 0.717) is 25.9 Å². The molecule has 0 aliphatic heterocycles. The number of rotatable bonds is 49. The highest BCUT2D eigenvalue weighted by atomic mass is 16.5. The average Bonchev–Trinajstić information content (AvgIpc) is 3.27. The number of allylic oxidation sites excluding steroid dienone is 8. The molecule has 6 nitrogen and oxygen atoms in total. The van der Waals surface area contributed by atoms with Crippen molar-refractivity contribution in [3.05, 3.63) is 48.6 Å². The van der Waals surface area contributed by atoms with E-state index >= 15 is 0 Å². The van der Waals surface area contributed by atoms with Gasteiger partial charge in [0.15, 0.2) is 0 Å². The molecular weight excluding hydrogens is 767 g/mol. The minimum absolute atomic E-state index is 0.0240. The van der Waals surface area contributed by atoms with Crippen LogP contribution in [0.2, 0.25) is 0 Å². The Morgan fingerprint density at radius 1 is 0.452 bits per heavy atom. The molecule has 0 aromatic heterocycles. The maximum Gasteiger partial charge on any atom is 0.305 e. The topological polar surface area (TPSA) is 95.9 Å². The molecule has 1 amide bonds. The van der Waals surface area contributed by atoms with Gasteiger partial charge in [0.05, 0.1) is 25.4 Å². The molecular formula is C56H103NO5. The van der Waals surface area contributed by atoms with Gasteiger partial charge in [-0.3, -0.25) is 9.59 Å². The second-order valence-corrected chi connectivity index (χ2v) is 18.2. The molecule has 6 heteroatoms. The van der Waals surface area contributed by atoms with E-state index in [-0.39, 0.29) is 18.5 Å². The minimum atomic E-state index is -0.674. The van der Waals surface area contributed by atoms with Crippen molar-refractivity contribution < 1.29 is 24.5 Å². The van der Waals surface area contributed by atoms with Gasteiger partial charge < -0.3 is 20.3 Å². The van der Waals surface area contributed by atoms with Crippen molar-refractivity contribution in [1.82, 2.24) is 5.32 Å². The van der Waals surface area contributed by atoms with E-state index in [4.69, 9.17) is 4.74 Å². The van der Waals surface area contributed by atoms with Crippen molar-refractivity contribution in [2.75, 3.05) is 13.2 Å². The third-order valence-electron chi connectivity index (χ3n) is 12.1. The molecule has 0 fully saturated rings. The Morgan fingerprint density at radius 2 is 0.806 bits per heavy atom. The summed E-state index contributed by atoms with van der Waals surface area (Å²) in [7, 11) is 0. The Kier molecular flexibility index (Phi) is 49.6. The number of nitrogens with one attached hydrogen (secondary N) is 1. The lowest BCUT2D eigenvalue weighted by Crippen LogP contribution is -2.45. The number of carbonyl (C=O) groups excluding carboxylic acids is 2. The van der Waals surface area contributed by atoms with Crippen molar-refractivity contribution in [2.24, 2.45) is 0 Å². The number of carbonyl (C=O) groups is 2. The maximum absolute atomic E-state index is 12.4. The third kappa shape index (κ3) is 47.3. The first-order valence-corrected chi connectivity index (χ1v) is 26.9. The summed E-state index contributed by atoms with van der Waals surface area (Å²) in [6, 6.07) is -0.553. The summed E-state index contributed by atoms with van der Waals surface area (Å²) in [6.45, 7) is 4.86. The molecule has 3 N–H and O–H groups in total. The summed E-state index contributed by atoms with van der Waals surface area (Å²) in [4.78, 5) is 24.5. The van der Waals surface area contributed by atoms with Crippen LogP contribution in [0, 0.1) is 0 Å². The van der Waals surface area contributed by atoms with Gasteiger partial charge in [-0.1, -0.05) is 210 Å². The zero-order chi connectivity index (χ0) is 45.1. The van der Waals surface area contributed by atoms with Crippen LogP contribution in [0.3, 0.4) is 0 Å². The summed E-state index contributed by atoms with van der Waals surface area (Å²) in [5.41, 5.74) is 0. The first-order chi connectivity index (χ1) is 30.5. The average molecular weight is 870 g/mol. The Labute approximate surface area is 385 Å². The monoisotopic (exact) mass is 870 g/mol. The molecule has 362 valence electrons. The zero-order valence-electron chi connectivity index (χ0n) is 41.1. The second kappa shape index (κ2) is 51.5. The molecule has 0 heterocycles. The van der Waals surface area contributed by atoms with Gasteiger partial charge in [-0.15, -0.1) is 0 Å². The molecule has 0 radical (unpaired) electrons. The van der Waals surface area contributed by atoms with Gasteiger partial charge in [-0.05, 0) is 96.3 Å². The quantitative estimate of drug-likeness (QED) is 0.0322. The molecule has 2 atom stereocenters. The highest BCUT2D eigenvalue weighted by Crippen LogP contribution is 2.15. The van der Waals surface area contributed by atoms with Gasteiger partial charge in [0.2, 0.25) is 5.91 Å². The van der Waals surface area contributed by atoms with Crippen molar-refractivity contribution in [2.45, 2.75) is 283 Å². The summed E-state index contributed by atoms with van der Waals surface area (Å²) in [6.07, 6.45) is 63.7. The summed E-state index contributed by atoms with van der Waals surface area (Å²) in [5.74, 6) is -0.0777. The van der Waals surface area contributed by atoms with E-state index in [9.17, 15) is 19.8 Å². The van der Waals surface area contributed by atoms with Crippen molar-refractivity contribution in [3.63, 3.8) is 0 Å². The number of hydrogen-bond donors (Lipinski definition) is 3. The molecule has 0 saturated carbocycles. The van der Waals surface area contributed by atoms with Gasteiger partial charge in [0.25, 0.3) is 0 Å². The van der Waals surface area contributed by atoms with E-state index in [0.717, 1.165) is 89.9 Å². The molecule has 0 aromatic carbocycles. The Morgan fingerprint density at radius 3 is 1.26 bits per heavy atom. The summed E-state index contributed by atoms with van der Waals surface area (Å²) >= 11 is 0. The second-order valence-electron chi connectivity index (χ2n) is 18.2. The van der Waals surface area contributed by atoms with Crippen LogP contribution >= 0.6 is 0 Å². The number of unbranched alkanes of at least 4 members (excludes halogenated alkanes) is 30. The molecule has 0 rings (SSSR count). The maximum atomic E-state index is 12.4. The van der Waals surface area contributed by atoms with Crippen LogP contribution in [-0.2, 0) is 14.3 Å². The highest BCUT2D eigenvalue weighted by Gasteiger charge is 2.20. The van der Waals surface area contributed by atoms with Gasteiger partial charge in [-0.25, -0.2) is 0 Å². The molecule has 0 aromatic rings. The first-order valence-electron chi connectivity index (χ1n) is 26.9. The molecule has 0 aliphatic rings. The fourth-order valence-electron chi connectivity index (χ4n) is 7.93. The molecule has 0 bridgehead atoms. The Balaban J connectivity index is 3.50.